The van der Waals surface area contributed by atoms with E-state index in [1.54, 1.807) is 38.1 Å². The first-order valence-electron chi connectivity index (χ1n) is 19.9. The SMILES string of the molecule is CC[C@H](C)[C@H](NC(=O)[C@H](Cc1cccc(OC)c1)NC(=O)[C@H](CCCN=C(N)N)NC(=O)CNC(=O)[C@@H](NC(=O)[C@H](CC(C)C)NC(=O)[C@@H](N)CO)[C@@H](C)CC)C(N)=O. The first-order chi connectivity index (χ1) is 27.8. The highest BCUT2D eigenvalue weighted by molar-refractivity contribution is 5.96. The van der Waals surface area contributed by atoms with Crippen molar-refractivity contribution in [1.82, 2.24) is 31.9 Å². The maximum absolute atomic E-state index is 13.9. The van der Waals surface area contributed by atoms with Crippen LogP contribution in [0, 0.1) is 17.8 Å². The number of amides is 7. The number of aliphatic hydroxyl groups is 1. The molecule has 0 aliphatic carbocycles. The molecule has 332 valence electrons. The molecule has 0 radical (unpaired) electrons. The van der Waals surface area contributed by atoms with Crippen LogP contribution in [0.3, 0.4) is 0 Å². The van der Waals surface area contributed by atoms with Crippen molar-refractivity contribution < 1.29 is 43.4 Å². The Labute approximate surface area is 346 Å². The molecular formula is C39H67N11O9. The molecule has 1 aromatic rings. The van der Waals surface area contributed by atoms with Gasteiger partial charge in [-0.2, -0.15) is 0 Å². The normalized spacial score (nSPS) is 15.1. The average Bonchev–Trinajstić information content (AvgIpc) is 3.19. The van der Waals surface area contributed by atoms with Crippen LogP contribution in [-0.4, -0.2) is 115 Å². The number of hydrogen-bond donors (Lipinski definition) is 11. The smallest absolute Gasteiger partial charge is 0.243 e. The van der Waals surface area contributed by atoms with Gasteiger partial charge in [0, 0.05) is 13.0 Å². The fraction of sp³-hybridized carbons (Fsp3) is 0.641. The van der Waals surface area contributed by atoms with Crippen molar-refractivity contribution in [2.24, 2.45) is 45.7 Å². The van der Waals surface area contributed by atoms with Crippen molar-refractivity contribution in [3.63, 3.8) is 0 Å². The van der Waals surface area contributed by atoms with Gasteiger partial charge in [-0.05, 0) is 54.7 Å². The Kier molecular flexibility index (Phi) is 23.1. The van der Waals surface area contributed by atoms with Crippen molar-refractivity contribution in [2.45, 2.75) is 116 Å². The summed E-state index contributed by atoms with van der Waals surface area (Å²) >= 11 is 0. The summed E-state index contributed by atoms with van der Waals surface area (Å²) in [5, 5.41) is 25.0. The highest BCUT2D eigenvalue weighted by atomic mass is 16.5. The molecule has 0 unspecified atom stereocenters. The Morgan fingerprint density at radius 3 is 1.90 bits per heavy atom. The van der Waals surface area contributed by atoms with Gasteiger partial charge in [0.15, 0.2) is 5.96 Å². The van der Waals surface area contributed by atoms with Gasteiger partial charge in [0.1, 0.15) is 42.0 Å². The molecule has 0 saturated heterocycles. The summed E-state index contributed by atoms with van der Waals surface area (Å²) in [5.74, 6) is -5.46. The number of guanidine groups is 1. The summed E-state index contributed by atoms with van der Waals surface area (Å²) in [6, 6.07) is -0.0887. The maximum atomic E-state index is 13.9. The van der Waals surface area contributed by atoms with Crippen molar-refractivity contribution >= 4 is 47.3 Å². The number of nitrogens with zero attached hydrogens (tertiary/aromatic N) is 1. The van der Waals surface area contributed by atoms with E-state index < -0.39 is 96.7 Å². The van der Waals surface area contributed by atoms with Gasteiger partial charge >= 0.3 is 0 Å². The molecule has 0 aliphatic heterocycles. The van der Waals surface area contributed by atoms with Crippen LogP contribution in [0.25, 0.3) is 0 Å². The molecule has 20 nitrogen and oxygen atoms in total. The van der Waals surface area contributed by atoms with E-state index in [4.69, 9.17) is 27.7 Å². The van der Waals surface area contributed by atoms with Gasteiger partial charge in [0.25, 0.3) is 0 Å². The molecule has 1 rings (SSSR count). The fourth-order valence-corrected chi connectivity index (χ4v) is 5.82. The van der Waals surface area contributed by atoms with E-state index in [9.17, 15) is 38.7 Å². The monoisotopic (exact) mass is 834 g/mol. The maximum Gasteiger partial charge on any atom is 0.243 e. The number of carbonyl (C=O) groups excluding carboxylic acids is 7. The number of ether oxygens (including phenoxy) is 1. The molecule has 59 heavy (non-hydrogen) atoms. The number of methoxy groups -OCH3 is 1. The highest BCUT2D eigenvalue weighted by Gasteiger charge is 2.33. The number of carbonyl (C=O) groups is 7. The topological polar surface area (TPSA) is 338 Å². The molecule has 20 heteroatoms. The zero-order valence-electron chi connectivity index (χ0n) is 35.3. The summed E-state index contributed by atoms with van der Waals surface area (Å²) in [5.41, 5.74) is 22.8. The molecule has 0 fully saturated rings. The van der Waals surface area contributed by atoms with Crippen LogP contribution >= 0.6 is 0 Å². The molecule has 0 heterocycles. The van der Waals surface area contributed by atoms with E-state index in [0.717, 1.165) is 0 Å². The van der Waals surface area contributed by atoms with Gasteiger partial charge in [0.05, 0.1) is 20.3 Å². The Bertz CT molecular complexity index is 1590. The van der Waals surface area contributed by atoms with Crippen LogP contribution in [0.1, 0.15) is 79.2 Å². The van der Waals surface area contributed by atoms with Crippen LogP contribution in [-0.2, 0) is 40.0 Å². The molecule has 7 amide bonds. The van der Waals surface area contributed by atoms with Crippen LogP contribution in [0.5, 0.6) is 5.75 Å². The van der Waals surface area contributed by atoms with Crippen LogP contribution < -0.4 is 59.6 Å². The summed E-state index contributed by atoms with van der Waals surface area (Å²) in [6.45, 7) is 9.70. The van der Waals surface area contributed by atoms with Crippen molar-refractivity contribution in [3.05, 3.63) is 29.8 Å². The number of primary amides is 1. The highest BCUT2D eigenvalue weighted by Crippen LogP contribution is 2.16. The van der Waals surface area contributed by atoms with E-state index in [0.29, 0.717) is 24.2 Å². The second-order valence-electron chi connectivity index (χ2n) is 15.0. The largest absolute Gasteiger partial charge is 0.497 e. The number of hydrogen-bond acceptors (Lipinski definition) is 11. The molecule has 8 atom stereocenters. The minimum Gasteiger partial charge on any atom is -0.497 e. The van der Waals surface area contributed by atoms with Gasteiger partial charge in [-0.25, -0.2) is 0 Å². The van der Waals surface area contributed by atoms with E-state index in [1.807, 2.05) is 27.7 Å². The second-order valence-corrected chi connectivity index (χ2v) is 15.0. The standard InChI is InChI=1S/C39H67N11O9/c1-8-22(5)31(33(41)53)49-37(57)29(18-24-12-10-13-25(17-24)59-7)48-35(55)27(14-11-15-44-39(42)43)46-30(52)19-45-38(58)32(23(6)9-2)50-36(56)28(16-21(3)4)47-34(54)26(40)20-51/h10,12-13,17,21-23,26-29,31-32,51H,8-9,11,14-16,18-20,40H2,1-7H3,(H2,41,53)(H,45,58)(H,46,52)(H,47,54)(H,48,55)(H,49,57)(H,50,56)(H4,42,43,44)/t22-,23-,26-,27-,28-,29-,31-,32-/m0/s1. The number of benzene rings is 1. The quantitative estimate of drug-likeness (QED) is 0.0255. The van der Waals surface area contributed by atoms with Gasteiger partial charge in [-0.15, -0.1) is 0 Å². The molecule has 1 aromatic carbocycles. The third-order valence-corrected chi connectivity index (χ3v) is 9.71. The fourth-order valence-electron chi connectivity index (χ4n) is 5.82. The van der Waals surface area contributed by atoms with Crippen molar-refractivity contribution in [3.8, 4) is 5.75 Å². The third kappa shape index (κ3) is 18.8. The van der Waals surface area contributed by atoms with Gasteiger partial charge in [0.2, 0.25) is 41.4 Å². The Hall–Kier alpha value is -5.50. The predicted molar refractivity (Wildman–Crippen MR) is 222 cm³/mol. The lowest BCUT2D eigenvalue weighted by atomic mass is 9.96. The number of aliphatic imine (C=N–C) groups is 1. The first kappa shape index (κ1) is 51.5. The average molecular weight is 834 g/mol. The lowest BCUT2D eigenvalue weighted by Crippen LogP contribution is -2.59. The molecule has 0 aromatic heterocycles. The van der Waals surface area contributed by atoms with Crippen LogP contribution in [0.15, 0.2) is 29.3 Å². The molecular weight excluding hydrogens is 766 g/mol. The van der Waals surface area contributed by atoms with Crippen molar-refractivity contribution in [2.75, 3.05) is 26.8 Å². The van der Waals surface area contributed by atoms with Gasteiger partial charge in [-0.1, -0.05) is 66.5 Å². The zero-order chi connectivity index (χ0) is 44.8. The summed E-state index contributed by atoms with van der Waals surface area (Å²) in [7, 11) is 1.48. The molecule has 15 N–H and O–H groups in total. The second kappa shape index (κ2) is 26.5. The molecule has 0 aliphatic rings. The van der Waals surface area contributed by atoms with Crippen LogP contribution in [0.2, 0.25) is 0 Å². The minimum absolute atomic E-state index is 0.0149. The Morgan fingerprint density at radius 1 is 0.763 bits per heavy atom. The lowest BCUT2D eigenvalue weighted by molar-refractivity contribution is -0.135. The predicted octanol–water partition coefficient (Wildman–Crippen LogP) is -2.23. The third-order valence-electron chi connectivity index (χ3n) is 9.71. The number of nitrogens with one attached hydrogen (secondary N) is 6. The Morgan fingerprint density at radius 2 is 1.34 bits per heavy atom. The summed E-state index contributed by atoms with van der Waals surface area (Å²) in [4.78, 5) is 96.5. The first-order valence-corrected chi connectivity index (χ1v) is 19.9. The van der Waals surface area contributed by atoms with Crippen LogP contribution in [0.4, 0.5) is 0 Å². The number of aliphatic hydroxyl groups excluding tert-OH is 1. The van der Waals surface area contributed by atoms with Crippen molar-refractivity contribution in [1.29, 1.82) is 0 Å². The van der Waals surface area contributed by atoms with E-state index in [2.05, 4.69) is 36.9 Å². The molecule has 0 spiro atoms. The van der Waals surface area contributed by atoms with E-state index in [-0.39, 0.29) is 50.0 Å². The Balaban J connectivity index is 3.31. The minimum atomic E-state index is -1.25. The molecule has 0 saturated carbocycles. The number of nitrogens with two attached hydrogens (primary N) is 4. The lowest BCUT2D eigenvalue weighted by Gasteiger charge is -2.28. The van der Waals surface area contributed by atoms with Gasteiger partial charge in [-0.3, -0.25) is 38.6 Å². The molecule has 0 bridgehead atoms. The summed E-state index contributed by atoms with van der Waals surface area (Å²) < 4.78 is 5.31. The van der Waals surface area contributed by atoms with E-state index in [1.165, 1.54) is 7.11 Å². The summed E-state index contributed by atoms with van der Waals surface area (Å²) in [6.07, 6.45) is 1.42. The zero-order valence-corrected chi connectivity index (χ0v) is 35.3. The van der Waals surface area contributed by atoms with E-state index >= 15 is 0 Å². The van der Waals surface area contributed by atoms with Gasteiger partial charge < -0.3 is 64.7 Å². The number of rotatable bonds is 27.